The van der Waals surface area contributed by atoms with Gasteiger partial charge in [-0.05, 0) is 51.2 Å². The average Bonchev–Trinajstić information content (AvgIpc) is 3.01. The highest BCUT2D eigenvalue weighted by molar-refractivity contribution is 9.08. The van der Waals surface area contributed by atoms with Crippen molar-refractivity contribution in [2.75, 3.05) is 0 Å². The Morgan fingerprint density at radius 3 is 2.71 bits per heavy atom. The number of nitrogens with one attached hydrogen (secondary N) is 1. The lowest BCUT2D eigenvalue weighted by atomic mass is 9.81. The maximum atomic E-state index is 13.6. The van der Waals surface area contributed by atoms with Crippen LogP contribution in [0.1, 0.15) is 63.8 Å². The van der Waals surface area contributed by atoms with E-state index in [1.165, 1.54) is 0 Å². The summed E-state index contributed by atoms with van der Waals surface area (Å²) < 4.78 is 34.3. The van der Waals surface area contributed by atoms with Crippen molar-refractivity contribution < 1.29 is 18.3 Å². The van der Waals surface area contributed by atoms with Crippen LogP contribution in [-0.4, -0.2) is 32.2 Å². The number of alkyl carbamates (subject to hydrolysis) is 1. The zero-order chi connectivity index (χ0) is 20.5. The molecular formula is C19H25BrF2N4O2. The number of hydrogen-bond donors (Lipinski definition) is 1. The van der Waals surface area contributed by atoms with Crippen LogP contribution in [0.25, 0.3) is 5.65 Å². The molecule has 0 spiro atoms. The highest BCUT2D eigenvalue weighted by atomic mass is 79.9. The van der Waals surface area contributed by atoms with Crippen molar-refractivity contribution in [3.8, 4) is 0 Å². The van der Waals surface area contributed by atoms with Gasteiger partial charge >= 0.3 is 6.09 Å². The molecule has 1 fully saturated rings. The van der Waals surface area contributed by atoms with Gasteiger partial charge in [0.05, 0.1) is 24.1 Å². The topological polar surface area (TPSA) is 68.5 Å². The van der Waals surface area contributed by atoms with Crippen LogP contribution in [0.4, 0.5) is 13.6 Å². The number of imidazole rings is 1. The first-order valence-electron chi connectivity index (χ1n) is 9.34. The summed E-state index contributed by atoms with van der Waals surface area (Å²) in [6.45, 7) is 5.33. The van der Waals surface area contributed by atoms with Crippen molar-refractivity contribution >= 4 is 27.7 Å². The Hall–Kier alpha value is -1.77. The zero-order valence-electron chi connectivity index (χ0n) is 16.2. The van der Waals surface area contributed by atoms with Crippen molar-refractivity contribution in [1.82, 2.24) is 19.9 Å². The van der Waals surface area contributed by atoms with Crippen LogP contribution in [-0.2, 0) is 10.1 Å². The monoisotopic (exact) mass is 458 g/mol. The number of carbonyl (C=O) groups is 1. The van der Waals surface area contributed by atoms with Crippen molar-refractivity contribution in [2.24, 2.45) is 5.92 Å². The second-order valence-electron chi connectivity index (χ2n) is 8.28. The Kier molecular flexibility index (Phi) is 5.93. The van der Waals surface area contributed by atoms with E-state index in [-0.39, 0.29) is 18.8 Å². The van der Waals surface area contributed by atoms with Gasteiger partial charge in [-0.2, -0.15) is 5.10 Å². The average molecular weight is 459 g/mol. The van der Waals surface area contributed by atoms with Crippen molar-refractivity contribution in [3.63, 3.8) is 0 Å². The first kappa shape index (κ1) is 21.0. The van der Waals surface area contributed by atoms with E-state index in [0.717, 1.165) is 5.56 Å². The molecule has 1 aliphatic rings. The van der Waals surface area contributed by atoms with Crippen molar-refractivity contribution in [1.29, 1.82) is 0 Å². The quantitative estimate of drug-likeness (QED) is 0.653. The number of ether oxygens (including phenoxy) is 1. The Morgan fingerprint density at radius 2 is 2.11 bits per heavy atom. The summed E-state index contributed by atoms with van der Waals surface area (Å²) in [6.07, 6.45) is 3.11. The van der Waals surface area contributed by atoms with E-state index in [2.05, 4.69) is 31.3 Å². The third-order valence-corrected chi connectivity index (χ3v) is 5.42. The lowest BCUT2D eigenvalue weighted by molar-refractivity contribution is -0.0500. The molecular weight excluding hydrogens is 434 g/mol. The number of carbonyl (C=O) groups excluding carboxylic acids is 1. The standard InChI is InChI=1S/C19H25BrF2N4O2/c1-18(2,3)28-17(27)25-16(13-4-6-19(21,22)7-5-13)14-11-26-15(24-14)8-12(9-20)10-23-26/h8,10-11,13,16H,4-7,9H2,1-3H3,(H,25,27)/t16-/m0/s1. The highest BCUT2D eigenvalue weighted by Crippen LogP contribution is 2.41. The molecule has 2 heterocycles. The third kappa shape index (κ3) is 5.18. The summed E-state index contributed by atoms with van der Waals surface area (Å²) in [4.78, 5) is 17.0. The molecule has 1 aliphatic carbocycles. The Labute approximate surface area is 171 Å². The molecule has 9 heteroatoms. The smallest absolute Gasteiger partial charge is 0.408 e. The van der Waals surface area contributed by atoms with Crippen LogP contribution in [0.2, 0.25) is 0 Å². The SMILES string of the molecule is CC(C)(C)OC(=O)N[C@H](c1cn2ncc(CBr)cc2n1)C1CCC(F)(F)CC1. The van der Waals surface area contributed by atoms with Crippen LogP contribution in [0.15, 0.2) is 18.5 Å². The number of nitrogens with zero attached hydrogens (tertiary/aromatic N) is 3. The highest BCUT2D eigenvalue weighted by Gasteiger charge is 2.39. The molecule has 0 radical (unpaired) electrons. The fraction of sp³-hybridized carbons (Fsp3) is 0.632. The van der Waals surface area contributed by atoms with Crippen molar-refractivity contribution in [2.45, 2.75) is 69.4 Å². The van der Waals surface area contributed by atoms with Gasteiger partial charge in [0.25, 0.3) is 0 Å². The molecule has 28 heavy (non-hydrogen) atoms. The zero-order valence-corrected chi connectivity index (χ0v) is 17.8. The minimum Gasteiger partial charge on any atom is -0.444 e. The van der Waals surface area contributed by atoms with Gasteiger partial charge in [0, 0.05) is 18.2 Å². The van der Waals surface area contributed by atoms with Crippen LogP contribution in [0.3, 0.4) is 0 Å². The van der Waals surface area contributed by atoms with E-state index in [0.29, 0.717) is 29.5 Å². The van der Waals surface area contributed by atoms with Crippen molar-refractivity contribution in [3.05, 3.63) is 29.7 Å². The molecule has 1 N–H and O–H groups in total. The van der Waals surface area contributed by atoms with Gasteiger partial charge in [0.15, 0.2) is 5.65 Å². The number of rotatable bonds is 4. The number of fused-ring (bicyclic) bond motifs is 1. The molecule has 1 atom stereocenters. The number of aromatic nitrogens is 3. The summed E-state index contributed by atoms with van der Waals surface area (Å²) in [5.41, 5.74) is 1.56. The fourth-order valence-corrected chi connectivity index (χ4v) is 3.73. The van der Waals surface area contributed by atoms with Gasteiger partial charge in [-0.1, -0.05) is 15.9 Å². The number of alkyl halides is 3. The fourth-order valence-electron chi connectivity index (χ4n) is 3.42. The minimum atomic E-state index is -2.64. The van der Waals surface area contributed by atoms with E-state index >= 15 is 0 Å². The molecule has 0 aliphatic heterocycles. The third-order valence-electron chi connectivity index (χ3n) is 4.77. The minimum absolute atomic E-state index is 0.146. The molecule has 0 bridgehead atoms. The Bertz CT molecular complexity index is 840. The molecule has 3 rings (SSSR count). The van der Waals surface area contributed by atoms with Gasteiger partial charge in [-0.15, -0.1) is 0 Å². The first-order valence-corrected chi connectivity index (χ1v) is 10.5. The molecule has 2 aromatic heterocycles. The van der Waals surface area contributed by atoms with E-state index in [4.69, 9.17) is 4.74 Å². The van der Waals surface area contributed by atoms with Gasteiger partial charge < -0.3 is 10.1 Å². The summed E-state index contributed by atoms with van der Waals surface area (Å²) in [6, 6.07) is 1.38. The maximum Gasteiger partial charge on any atom is 0.408 e. The Balaban J connectivity index is 1.88. The number of hydrogen-bond acceptors (Lipinski definition) is 4. The van der Waals surface area contributed by atoms with Crippen LogP contribution < -0.4 is 5.32 Å². The largest absolute Gasteiger partial charge is 0.444 e. The van der Waals surface area contributed by atoms with Crippen LogP contribution >= 0.6 is 15.9 Å². The van der Waals surface area contributed by atoms with E-state index in [1.54, 1.807) is 37.7 Å². The lowest BCUT2D eigenvalue weighted by Gasteiger charge is -2.33. The lowest BCUT2D eigenvalue weighted by Crippen LogP contribution is -2.40. The van der Waals surface area contributed by atoms with Gasteiger partial charge in [-0.25, -0.2) is 23.1 Å². The summed E-state index contributed by atoms with van der Waals surface area (Å²) in [5, 5.41) is 7.83. The van der Waals surface area contributed by atoms with Gasteiger partial charge in [-0.3, -0.25) is 0 Å². The summed E-state index contributed by atoms with van der Waals surface area (Å²) >= 11 is 3.39. The van der Waals surface area contributed by atoms with E-state index in [9.17, 15) is 13.6 Å². The van der Waals surface area contributed by atoms with Crippen LogP contribution in [0, 0.1) is 5.92 Å². The van der Waals surface area contributed by atoms with E-state index < -0.39 is 23.7 Å². The number of amides is 1. The molecule has 154 valence electrons. The molecule has 1 saturated carbocycles. The molecule has 6 nitrogen and oxygen atoms in total. The Morgan fingerprint density at radius 1 is 1.43 bits per heavy atom. The molecule has 0 unspecified atom stereocenters. The summed E-state index contributed by atoms with van der Waals surface area (Å²) in [5.74, 6) is -2.79. The molecule has 0 saturated heterocycles. The summed E-state index contributed by atoms with van der Waals surface area (Å²) in [7, 11) is 0. The maximum absolute atomic E-state index is 13.6. The van der Waals surface area contributed by atoms with Crippen LogP contribution in [0.5, 0.6) is 0 Å². The molecule has 2 aromatic rings. The molecule has 0 aromatic carbocycles. The second kappa shape index (κ2) is 7.93. The predicted octanol–water partition coefficient (Wildman–Crippen LogP) is 5.02. The second-order valence-corrected chi connectivity index (χ2v) is 8.84. The van der Waals surface area contributed by atoms with Gasteiger partial charge in [0.2, 0.25) is 5.92 Å². The number of halogens is 3. The van der Waals surface area contributed by atoms with Gasteiger partial charge in [0.1, 0.15) is 5.60 Å². The van der Waals surface area contributed by atoms with E-state index in [1.807, 2.05) is 6.07 Å². The molecule has 1 amide bonds. The normalized spacial score (nSPS) is 18.8. The first-order chi connectivity index (χ1) is 13.1. The predicted molar refractivity (Wildman–Crippen MR) is 105 cm³/mol.